The van der Waals surface area contributed by atoms with Crippen molar-refractivity contribution in [1.29, 1.82) is 0 Å². The lowest BCUT2D eigenvalue weighted by Crippen LogP contribution is -2.45. The molecule has 8 rings (SSSR count). The fourth-order valence-corrected chi connectivity index (χ4v) is 9.40. The first-order valence-corrected chi connectivity index (χ1v) is 20.4. The first-order chi connectivity index (χ1) is 28.5. The van der Waals surface area contributed by atoms with E-state index >= 15 is 0 Å². The van der Waals surface area contributed by atoms with Gasteiger partial charge in [-0.25, -0.2) is 14.8 Å². The summed E-state index contributed by atoms with van der Waals surface area (Å²) in [5.41, 5.74) is -0.282. The Hall–Kier alpha value is -5.62. The van der Waals surface area contributed by atoms with E-state index in [1.165, 1.54) is 18.4 Å². The molecule has 60 heavy (non-hydrogen) atoms. The molecular weight excluding hydrogens is 782 g/mol. The summed E-state index contributed by atoms with van der Waals surface area (Å²) in [6.07, 6.45) is 4.86. The lowest BCUT2D eigenvalue weighted by atomic mass is 9.85. The quantitative estimate of drug-likeness (QED) is 0.166. The number of fused-ring (bicyclic) bond motifs is 2. The van der Waals surface area contributed by atoms with E-state index in [0.29, 0.717) is 33.9 Å². The monoisotopic (exact) mass is 830 g/mol. The Balaban J connectivity index is 0.891. The molecule has 2 aromatic carbocycles. The summed E-state index contributed by atoms with van der Waals surface area (Å²) in [4.78, 5) is 62.8. The second-order valence-electron chi connectivity index (χ2n) is 17.0. The van der Waals surface area contributed by atoms with E-state index in [1.807, 2.05) is 29.1 Å². The van der Waals surface area contributed by atoms with Gasteiger partial charge in [-0.05, 0) is 96.0 Å². The van der Waals surface area contributed by atoms with Crippen LogP contribution in [0.25, 0.3) is 21.9 Å². The molecule has 1 aliphatic carbocycles. The molecule has 3 aromatic heterocycles. The summed E-state index contributed by atoms with van der Waals surface area (Å²) in [5.74, 6) is -1.30. The highest BCUT2D eigenvalue weighted by Gasteiger charge is 2.38. The first-order valence-electron chi connectivity index (χ1n) is 20.4. The Labute approximate surface area is 343 Å². The number of imidazole rings is 1. The van der Waals surface area contributed by atoms with Crippen LogP contribution in [0.15, 0.2) is 53.8 Å². The third kappa shape index (κ3) is 7.89. The molecule has 0 radical (unpaired) electrons. The molecule has 3 fully saturated rings. The zero-order chi connectivity index (χ0) is 42.7. The zero-order valence-corrected chi connectivity index (χ0v) is 34.0. The van der Waals surface area contributed by atoms with Gasteiger partial charge in [0.2, 0.25) is 11.8 Å². The number of rotatable bonds is 9. The minimum atomic E-state index is -4.86. The molecule has 5 heterocycles. The molecule has 3 N–H and O–H groups in total. The van der Waals surface area contributed by atoms with Gasteiger partial charge in [0.15, 0.2) is 5.69 Å². The zero-order valence-electron chi connectivity index (χ0n) is 34.0. The third-order valence-corrected chi connectivity index (χ3v) is 12.6. The van der Waals surface area contributed by atoms with Crippen LogP contribution in [0.3, 0.4) is 0 Å². The molecule has 5 aromatic rings. The highest BCUT2D eigenvalue weighted by Crippen LogP contribution is 2.38. The fourth-order valence-electron chi connectivity index (χ4n) is 9.40. The van der Waals surface area contributed by atoms with Crippen molar-refractivity contribution in [2.75, 3.05) is 36.9 Å². The molecule has 2 aliphatic heterocycles. The average molecular weight is 831 g/mol. The van der Waals surface area contributed by atoms with Gasteiger partial charge in [0.05, 0.1) is 39.4 Å². The van der Waals surface area contributed by atoms with Crippen LogP contribution in [0.5, 0.6) is 0 Å². The van der Waals surface area contributed by atoms with E-state index in [0.717, 1.165) is 81.9 Å². The number of benzene rings is 2. The molecule has 3 amide bonds. The highest BCUT2D eigenvalue weighted by molar-refractivity contribution is 6.06. The molecule has 1 atom stereocenters. The number of alkyl halides is 3. The molecule has 1 unspecified atom stereocenters. The number of anilines is 2. The molecule has 1 saturated carbocycles. The number of aryl methyl sites for hydroxylation is 1. The van der Waals surface area contributed by atoms with Crippen molar-refractivity contribution in [2.45, 2.75) is 95.1 Å². The highest BCUT2D eigenvalue weighted by atomic mass is 19.4. The number of halogens is 3. The summed E-state index contributed by atoms with van der Waals surface area (Å²) in [7, 11) is 3.93. The Morgan fingerprint density at radius 2 is 1.77 bits per heavy atom. The van der Waals surface area contributed by atoms with E-state index in [4.69, 9.17) is 5.10 Å². The van der Waals surface area contributed by atoms with Crippen LogP contribution in [0.4, 0.5) is 24.5 Å². The number of amides is 3. The fraction of sp³-hybridized carbons (Fsp3) is 0.500. The van der Waals surface area contributed by atoms with Gasteiger partial charge in [0.25, 0.3) is 5.91 Å². The molecule has 0 spiro atoms. The van der Waals surface area contributed by atoms with Crippen LogP contribution in [0, 0.1) is 5.92 Å². The molecule has 0 bridgehead atoms. The van der Waals surface area contributed by atoms with E-state index in [1.54, 1.807) is 23.7 Å². The van der Waals surface area contributed by atoms with Crippen LogP contribution in [0.1, 0.15) is 98.9 Å². The van der Waals surface area contributed by atoms with Gasteiger partial charge in [-0.2, -0.15) is 18.3 Å². The van der Waals surface area contributed by atoms with Gasteiger partial charge in [0.1, 0.15) is 12.4 Å². The number of hydrogen-bond donors (Lipinski definition) is 3. The van der Waals surface area contributed by atoms with Crippen LogP contribution in [0.2, 0.25) is 0 Å². The minimum absolute atomic E-state index is 0.144. The number of carbonyl (C=O) groups is 3. The second-order valence-corrected chi connectivity index (χ2v) is 17.0. The lowest BCUT2D eigenvalue weighted by Gasteiger charge is -2.40. The normalized spacial score (nSPS) is 20.9. The maximum absolute atomic E-state index is 13.6. The van der Waals surface area contributed by atoms with Gasteiger partial charge in [0, 0.05) is 68.2 Å². The van der Waals surface area contributed by atoms with E-state index < -0.39 is 40.9 Å². The van der Waals surface area contributed by atoms with Crippen molar-refractivity contribution < 1.29 is 32.7 Å². The summed E-state index contributed by atoms with van der Waals surface area (Å²) < 4.78 is 45.9. The number of hydrogen-bond acceptors (Lipinski definition) is 10. The Morgan fingerprint density at radius 3 is 2.45 bits per heavy atom. The summed E-state index contributed by atoms with van der Waals surface area (Å²) >= 11 is 0. The molecule has 2 saturated heterocycles. The Kier molecular flexibility index (Phi) is 10.8. The number of aromatic nitrogens is 6. The largest absolute Gasteiger partial charge is 0.434 e. The molecule has 318 valence electrons. The van der Waals surface area contributed by atoms with Gasteiger partial charge in [-0.3, -0.25) is 33.5 Å². The van der Waals surface area contributed by atoms with Crippen molar-refractivity contribution in [1.82, 2.24) is 39.1 Å². The molecule has 3 aliphatic rings. The Morgan fingerprint density at radius 1 is 1.03 bits per heavy atom. The summed E-state index contributed by atoms with van der Waals surface area (Å²) in [6.45, 7) is 5.68. The third-order valence-electron chi connectivity index (χ3n) is 12.6. The van der Waals surface area contributed by atoms with Gasteiger partial charge < -0.3 is 20.2 Å². The lowest BCUT2D eigenvalue weighted by molar-refractivity contribution is -0.141. The van der Waals surface area contributed by atoms with E-state index in [2.05, 4.69) is 37.4 Å². The number of para-hydroxylation sites is 1. The number of piperidine rings is 2. The minimum Gasteiger partial charge on any atom is -0.386 e. The van der Waals surface area contributed by atoms with Crippen molar-refractivity contribution >= 4 is 51.0 Å². The van der Waals surface area contributed by atoms with E-state index in [9.17, 15) is 37.5 Å². The van der Waals surface area contributed by atoms with Gasteiger partial charge >= 0.3 is 11.9 Å². The van der Waals surface area contributed by atoms with Crippen LogP contribution in [-0.4, -0.2) is 89.3 Å². The van der Waals surface area contributed by atoms with Gasteiger partial charge in [-0.1, -0.05) is 6.07 Å². The predicted octanol–water partition coefficient (Wildman–Crippen LogP) is 5.29. The smallest absolute Gasteiger partial charge is 0.386 e. The van der Waals surface area contributed by atoms with Crippen LogP contribution in [-0.2, 0) is 28.4 Å². The first kappa shape index (κ1) is 41.1. The van der Waals surface area contributed by atoms with Crippen LogP contribution >= 0.6 is 0 Å². The number of nitrogens with zero attached hydrogens (tertiary/aromatic N) is 8. The van der Waals surface area contributed by atoms with E-state index in [-0.39, 0.29) is 36.2 Å². The number of nitrogens with one attached hydrogen (secondary N) is 2. The molecular formula is C42H49F3N10O5. The standard InChI is InChI=1S/C42H49F3N10O5/c1-41(2,60)29-19-30-25(18-31(29)48-38(57)28-20-46-23-47-37(28)42(43,44)45)22-54(50-30)27-10-8-24(9-11-27)21-51(3)26-14-16-53(17-15-26)32-6-5-7-33-36(32)52(4)40(59)55(33)34-12-13-35(56)49-39(34)58/h5-7,18-20,22-24,26-27,34,60H,8-17,21H2,1-4H3,(H,48,57)(H,49,56,58)/t24-,27-,34?. The maximum atomic E-state index is 13.6. The second kappa shape index (κ2) is 15.8. The number of aliphatic hydroxyl groups is 1. The van der Waals surface area contributed by atoms with Crippen molar-refractivity contribution in [3.63, 3.8) is 0 Å². The topological polar surface area (TPSA) is 173 Å². The number of imide groups is 1. The van der Waals surface area contributed by atoms with Crippen molar-refractivity contribution in [2.24, 2.45) is 13.0 Å². The van der Waals surface area contributed by atoms with Gasteiger partial charge in [-0.15, -0.1) is 0 Å². The Bertz CT molecular complexity index is 2520. The molecule has 18 heteroatoms. The van der Waals surface area contributed by atoms with Crippen molar-refractivity contribution in [3.05, 3.63) is 76.4 Å². The number of carbonyl (C=O) groups excluding carboxylic acids is 3. The van der Waals surface area contributed by atoms with Crippen molar-refractivity contribution in [3.8, 4) is 0 Å². The molecule has 15 nitrogen and oxygen atoms in total. The summed E-state index contributed by atoms with van der Waals surface area (Å²) in [5, 5.41) is 21.5. The van der Waals surface area contributed by atoms with Crippen LogP contribution < -0.4 is 21.2 Å². The predicted molar refractivity (Wildman–Crippen MR) is 217 cm³/mol. The average Bonchev–Trinajstić information content (AvgIpc) is 3.74. The SMILES string of the molecule is CN(C[C@H]1CC[C@H](n2cc3cc(NC(=O)c4cncnc4C(F)(F)F)c(C(C)(C)O)cc3n2)CC1)C1CCN(c2cccc3c2n(C)c(=O)n3C2CCC(=O)NC2=O)CC1. The maximum Gasteiger partial charge on any atom is 0.434 e. The summed E-state index contributed by atoms with van der Waals surface area (Å²) in [6, 6.07) is 8.93.